The van der Waals surface area contributed by atoms with E-state index in [1.165, 1.54) is 161 Å². The smallest absolute Gasteiger partial charge is 0.462 e. The van der Waals surface area contributed by atoms with Crippen molar-refractivity contribution in [3.63, 3.8) is 0 Å². The third kappa shape index (κ3) is 40.8. The molecule has 1 unspecified atom stereocenters. The third-order valence-corrected chi connectivity index (χ3v) is 20.0. The topological polar surface area (TPSA) is 183 Å². The van der Waals surface area contributed by atoms with Crippen LogP contribution in [-0.4, -0.2) is 66.9 Å². The Hall–Kier alpha value is -3.69. The zero-order valence-corrected chi connectivity index (χ0v) is 61.7. The lowest BCUT2D eigenvalue weighted by Crippen LogP contribution is -2.53. The molecule has 2 fully saturated rings. The minimum absolute atomic E-state index is 0.0851. The molecule has 2 aromatic rings. The lowest BCUT2D eigenvalue weighted by atomic mass is 10.0. The molecule has 0 saturated carbocycles. The Kier molecular flexibility index (Phi) is 46.9. The average Bonchev–Trinajstić information content (AvgIpc) is 0.827. The van der Waals surface area contributed by atoms with Crippen molar-refractivity contribution in [2.24, 2.45) is 0 Å². The molecule has 6 atom stereocenters. The number of unbranched alkanes of at least 4 members (excludes halogenated alkanes) is 36. The third-order valence-electron chi connectivity index (χ3n) is 18.7. The Morgan fingerprint density at radius 3 is 1.35 bits per heavy atom. The monoisotopic (exact) mass is 1350 g/mol. The number of benzene rings is 2. The number of esters is 2. The van der Waals surface area contributed by atoms with Crippen LogP contribution in [0.3, 0.4) is 0 Å². The van der Waals surface area contributed by atoms with Gasteiger partial charge in [-0.05, 0) is 70.4 Å². The molecular formula is C79H135N2O13P. The van der Waals surface area contributed by atoms with E-state index in [1.807, 2.05) is 44.2 Å². The maximum atomic E-state index is 15.1. The summed E-state index contributed by atoms with van der Waals surface area (Å²) in [5.74, 6) is -2.19. The van der Waals surface area contributed by atoms with E-state index in [0.29, 0.717) is 44.1 Å². The predicted molar refractivity (Wildman–Crippen MR) is 386 cm³/mol. The zero-order chi connectivity index (χ0) is 68.3. The Morgan fingerprint density at radius 1 is 0.484 bits per heavy atom. The summed E-state index contributed by atoms with van der Waals surface area (Å²) in [5, 5.41) is 6.18. The number of hydrogen-bond acceptors (Lipinski definition) is 13. The van der Waals surface area contributed by atoms with Gasteiger partial charge in [0.25, 0.3) is 0 Å². The Labute approximate surface area is 577 Å². The van der Waals surface area contributed by atoms with Crippen LogP contribution in [0.1, 0.15) is 361 Å². The highest BCUT2D eigenvalue weighted by atomic mass is 31.2. The molecule has 0 spiro atoms. The van der Waals surface area contributed by atoms with Gasteiger partial charge in [-0.25, -0.2) is 4.57 Å². The Balaban J connectivity index is 1.56. The quantitative estimate of drug-likeness (QED) is 0.0363. The van der Waals surface area contributed by atoms with Crippen LogP contribution in [0.5, 0.6) is 0 Å². The van der Waals surface area contributed by atoms with Crippen molar-refractivity contribution >= 4 is 43.0 Å². The number of anilines is 2. The normalized spacial score (nSPS) is 17.3. The first-order valence-corrected chi connectivity index (χ1v) is 40.4. The van der Waals surface area contributed by atoms with E-state index >= 15 is 4.57 Å². The number of hydrogen-bond donors (Lipinski definition) is 2. The molecule has 95 heavy (non-hydrogen) atoms. The average molecular weight is 1350 g/mol. The summed E-state index contributed by atoms with van der Waals surface area (Å²) in [6, 6.07) is 14.5. The molecule has 2 amide bonds. The van der Waals surface area contributed by atoms with E-state index in [-0.39, 0.29) is 62.1 Å². The highest BCUT2D eigenvalue weighted by Crippen LogP contribution is 2.54. The van der Waals surface area contributed by atoms with E-state index in [9.17, 15) is 19.2 Å². The van der Waals surface area contributed by atoms with Crippen molar-refractivity contribution in [3.05, 3.63) is 59.7 Å². The van der Waals surface area contributed by atoms with Crippen molar-refractivity contribution in [2.45, 2.75) is 399 Å². The fourth-order valence-electron chi connectivity index (χ4n) is 12.9. The van der Waals surface area contributed by atoms with Crippen molar-refractivity contribution < 1.29 is 61.0 Å². The maximum Gasteiger partial charge on any atom is 0.477 e. The van der Waals surface area contributed by atoms with Crippen LogP contribution in [0.2, 0.25) is 0 Å². The molecule has 0 aromatic heterocycles. The molecule has 2 saturated heterocycles. The van der Waals surface area contributed by atoms with E-state index in [0.717, 1.165) is 102 Å². The summed E-state index contributed by atoms with van der Waals surface area (Å²) < 4.78 is 64.5. The van der Waals surface area contributed by atoms with Gasteiger partial charge in [0.2, 0.25) is 11.8 Å². The molecule has 16 heteroatoms. The van der Waals surface area contributed by atoms with E-state index in [4.69, 9.17) is 37.3 Å². The van der Waals surface area contributed by atoms with Crippen molar-refractivity contribution in [2.75, 3.05) is 17.2 Å². The standard InChI is InChI=1S/C79H135N2O13P/c1-7-11-15-19-23-27-29-33-37-41-48-57-75(84)90-68(54-46-39-35-31-25-21-17-13-9-3)61-73(82)80-70-56-50-53-67(64-89-95(86,88-63-66-51-44-43-45-52-66)94-77-60-59-71-72(92-77)65-87-79(5,6)93-71)78(70)81-74(83)62-69(55-47-40-36-32-26-22-18-14-10-4)91-76(85)58-49-42-38-34-30-28-24-20-16-12-8-2/h43-45,50-53,56,68-69,71-72,77H,7-42,46-49,54-55,57-65H2,1-6H3,(H,80,82)(H,81,83)/t68-,69-,71+,72-,77-,95?/m1/s1. The summed E-state index contributed by atoms with van der Waals surface area (Å²) in [6.07, 6.45) is 45.6. The Morgan fingerprint density at radius 2 is 0.895 bits per heavy atom. The molecule has 0 aliphatic carbocycles. The summed E-state index contributed by atoms with van der Waals surface area (Å²) >= 11 is 0. The van der Waals surface area contributed by atoms with Gasteiger partial charge in [-0.2, -0.15) is 0 Å². The molecule has 4 rings (SSSR count). The zero-order valence-electron chi connectivity index (χ0n) is 60.8. The molecule has 544 valence electrons. The molecule has 2 heterocycles. The summed E-state index contributed by atoms with van der Waals surface area (Å²) in [6.45, 7) is 12.5. The van der Waals surface area contributed by atoms with Gasteiger partial charge in [0.05, 0.1) is 50.1 Å². The van der Waals surface area contributed by atoms with Gasteiger partial charge in [-0.1, -0.05) is 301 Å². The lowest BCUT2D eigenvalue weighted by Gasteiger charge is -2.44. The number of rotatable bonds is 60. The predicted octanol–water partition coefficient (Wildman–Crippen LogP) is 22.9. The highest BCUT2D eigenvalue weighted by Gasteiger charge is 2.44. The van der Waals surface area contributed by atoms with E-state index < -0.39 is 50.0 Å². The lowest BCUT2D eigenvalue weighted by molar-refractivity contribution is -0.340. The van der Waals surface area contributed by atoms with Gasteiger partial charge >= 0.3 is 19.8 Å². The second-order valence-corrected chi connectivity index (χ2v) is 29.6. The number of para-hydroxylation sites is 1. The van der Waals surface area contributed by atoms with Crippen LogP contribution in [0, 0.1) is 0 Å². The minimum atomic E-state index is -4.47. The number of nitrogens with one attached hydrogen (secondary N) is 2. The van der Waals surface area contributed by atoms with Crippen molar-refractivity contribution in [1.29, 1.82) is 0 Å². The van der Waals surface area contributed by atoms with Gasteiger partial charge in [0, 0.05) is 24.8 Å². The number of amides is 2. The van der Waals surface area contributed by atoms with Gasteiger partial charge in [0.15, 0.2) is 12.1 Å². The summed E-state index contributed by atoms with van der Waals surface area (Å²) in [4.78, 5) is 56.4. The Bertz CT molecular complexity index is 2340. The number of carbonyl (C=O) groups is 4. The molecule has 0 radical (unpaired) electrons. The van der Waals surface area contributed by atoms with Crippen LogP contribution < -0.4 is 10.6 Å². The highest BCUT2D eigenvalue weighted by molar-refractivity contribution is 7.48. The van der Waals surface area contributed by atoms with Crippen LogP contribution in [0.4, 0.5) is 11.4 Å². The van der Waals surface area contributed by atoms with E-state index in [1.54, 1.807) is 18.2 Å². The number of phosphoric ester groups is 1. The van der Waals surface area contributed by atoms with Crippen LogP contribution in [-0.2, 0) is 74.2 Å². The number of ether oxygens (including phenoxy) is 5. The van der Waals surface area contributed by atoms with Gasteiger partial charge < -0.3 is 34.3 Å². The van der Waals surface area contributed by atoms with Crippen LogP contribution >= 0.6 is 7.82 Å². The van der Waals surface area contributed by atoms with Gasteiger partial charge in [-0.15, -0.1) is 0 Å². The van der Waals surface area contributed by atoms with Gasteiger partial charge in [0.1, 0.15) is 18.3 Å². The minimum Gasteiger partial charge on any atom is -0.462 e. The maximum absolute atomic E-state index is 15.1. The number of carbonyl (C=O) groups excluding carboxylic acids is 4. The van der Waals surface area contributed by atoms with Crippen LogP contribution in [0.15, 0.2) is 48.5 Å². The van der Waals surface area contributed by atoms with E-state index in [2.05, 4.69) is 38.3 Å². The molecular weight excluding hydrogens is 1220 g/mol. The summed E-state index contributed by atoms with van der Waals surface area (Å²) in [5.41, 5.74) is 1.60. The van der Waals surface area contributed by atoms with Crippen molar-refractivity contribution in [3.8, 4) is 0 Å². The largest absolute Gasteiger partial charge is 0.477 e. The summed E-state index contributed by atoms with van der Waals surface area (Å²) in [7, 11) is -4.47. The van der Waals surface area contributed by atoms with Gasteiger partial charge in [-0.3, -0.25) is 32.7 Å². The first-order chi connectivity index (χ1) is 46.2. The SMILES string of the molecule is CCCCCCCCCCCCCC(=O)O[C@H](CCCCCCCCCCC)CC(=O)Nc1cccc(COP(=O)(OCc2ccccc2)O[C@@H]2CC[C@@H]3OC(C)(C)OC[C@H]3O2)c1NC(=O)C[C@@H](CCCCCCCCCCC)OC(=O)CCCCCCCCCCCCC. The molecule has 15 nitrogen and oxygen atoms in total. The number of phosphoric acid groups is 1. The molecule has 2 aliphatic rings. The molecule has 2 aliphatic heterocycles. The fourth-order valence-corrected chi connectivity index (χ4v) is 14.1. The first-order valence-electron chi connectivity index (χ1n) is 38.9. The van der Waals surface area contributed by atoms with Crippen molar-refractivity contribution in [1.82, 2.24) is 0 Å². The molecule has 0 bridgehead atoms. The first kappa shape index (κ1) is 83.7. The van der Waals surface area contributed by atoms with Crippen LogP contribution in [0.25, 0.3) is 0 Å². The molecule has 2 aromatic carbocycles. The second kappa shape index (κ2) is 53.2. The second-order valence-electron chi connectivity index (χ2n) is 28.0. The molecule has 2 N–H and O–H groups in total. The number of fused-ring (bicyclic) bond motifs is 1. The fraction of sp³-hybridized carbons (Fsp3) is 0.797.